The zero-order valence-corrected chi connectivity index (χ0v) is 15.5. The van der Waals surface area contributed by atoms with Gasteiger partial charge < -0.3 is 4.74 Å². The van der Waals surface area contributed by atoms with E-state index >= 15 is 0 Å². The molecule has 0 N–H and O–H groups in total. The summed E-state index contributed by atoms with van der Waals surface area (Å²) in [4.78, 5) is 0.156. The predicted molar refractivity (Wildman–Crippen MR) is 92.1 cm³/mol. The highest BCUT2D eigenvalue weighted by atomic mass is 32.2. The Morgan fingerprint density at radius 3 is 2.76 bits per heavy atom. The largest absolute Gasteiger partial charge is 0.492 e. The minimum absolute atomic E-state index is 0.0417. The summed E-state index contributed by atoms with van der Waals surface area (Å²) in [6.45, 7) is 6.85. The number of hydrogen-bond donors (Lipinski definition) is 0. The van der Waals surface area contributed by atoms with Gasteiger partial charge in [0.25, 0.3) is 0 Å². The molecule has 0 amide bonds. The van der Waals surface area contributed by atoms with Crippen LogP contribution in [0.25, 0.3) is 5.69 Å². The summed E-state index contributed by atoms with van der Waals surface area (Å²) in [5, 5.41) is 11.0. The fourth-order valence-electron chi connectivity index (χ4n) is 3.26. The highest BCUT2D eigenvalue weighted by Crippen LogP contribution is 2.33. The van der Waals surface area contributed by atoms with Crippen LogP contribution in [0.4, 0.5) is 0 Å². The topological polar surface area (TPSA) is 90.2 Å². The summed E-state index contributed by atoms with van der Waals surface area (Å²) in [7, 11) is -3.67. The van der Waals surface area contributed by atoms with Crippen LogP contribution in [-0.4, -0.2) is 52.1 Å². The average molecular weight is 365 g/mol. The molecule has 0 spiro atoms. The number of ether oxygens (including phenoxy) is 1. The number of benzene rings is 1. The molecular formula is C16H23N5O3S. The highest BCUT2D eigenvalue weighted by Gasteiger charge is 2.35. The van der Waals surface area contributed by atoms with Crippen LogP contribution in [0.3, 0.4) is 0 Å². The third-order valence-electron chi connectivity index (χ3n) is 4.50. The maximum atomic E-state index is 13.3. The first kappa shape index (κ1) is 17.8. The van der Waals surface area contributed by atoms with Crippen molar-refractivity contribution in [2.45, 2.75) is 44.6 Å². The highest BCUT2D eigenvalue weighted by molar-refractivity contribution is 7.89. The van der Waals surface area contributed by atoms with E-state index in [-0.39, 0.29) is 10.9 Å². The van der Waals surface area contributed by atoms with E-state index in [1.165, 1.54) is 11.0 Å². The first-order chi connectivity index (χ1) is 11.9. The molecule has 0 radical (unpaired) electrons. The molecule has 0 aliphatic carbocycles. The van der Waals surface area contributed by atoms with Gasteiger partial charge in [0.2, 0.25) is 10.0 Å². The number of tetrazole rings is 1. The molecule has 1 aliphatic rings. The van der Waals surface area contributed by atoms with Crippen molar-refractivity contribution in [3.05, 3.63) is 24.5 Å². The number of piperidine rings is 1. The van der Waals surface area contributed by atoms with Gasteiger partial charge in [-0.1, -0.05) is 6.92 Å². The van der Waals surface area contributed by atoms with Gasteiger partial charge in [0.15, 0.2) is 0 Å². The second-order valence-electron chi connectivity index (χ2n) is 6.41. The molecule has 2 aromatic rings. The minimum atomic E-state index is -3.67. The molecule has 0 saturated carbocycles. The zero-order valence-electron chi connectivity index (χ0n) is 14.7. The zero-order chi connectivity index (χ0) is 18.0. The average Bonchev–Trinajstić information content (AvgIpc) is 3.09. The maximum absolute atomic E-state index is 13.3. The molecule has 1 aromatic carbocycles. The Balaban J connectivity index is 2.05. The van der Waals surface area contributed by atoms with E-state index in [1.54, 1.807) is 22.5 Å². The number of nitrogens with zero attached hydrogens (tertiary/aromatic N) is 5. The molecule has 1 fully saturated rings. The molecule has 2 atom stereocenters. The lowest BCUT2D eigenvalue weighted by molar-refractivity contribution is 0.219. The van der Waals surface area contributed by atoms with E-state index < -0.39 is 10.0 Å². The summed E-state index contributed by atoms with van der Waals surface area (Å²) in [5.41, 5.74) is 0.574. The van der Waals surface area contributed by atoms with Crippen molar-refractivity contribution in [3.8, 4) is 11.4 Å². The van der Waals surface area contributed by atoms with Crippen LogP contribution in [-0.2, 0) is 10.0 Å². The Morgan fingerprint density at radius 1 is 1.32 bits per heavy atom. The van der Waals surface area contributed by atoms with E-state index in [0.29, 0.717) is 30.5 Å². The van der Waals surface area contributed by atoms with Gasteiger partial charge in [-0.2, -0.15) is 4.31 Å². The van der Waals surface area contributed by atoms with Gasteiger partial charge >= 0.3 is 0 Å². The van der Waals surface area contributed by atoms with Crippen molar-refractivity contribution in [2.24, 2.45) is 5.92 Å². The Bertz CT molecular complexity index is 822. The smallest absolute Gasteiger partial charge is 0.247 e. The van der Waals surface area contributed by atoms with Crippen LogP contribution < -0.4 is 4.74 Å². The molecule has 1 saturated heterocycles. The molecule has 9 heteroatoms. The van der Waals surface area contributed by atoms with Crippen LogP contribution in [0.5, 0.6) is 5.75 Å². The molecule has 1 aliphatic heterocycles. The molecule has 25 heavy (non-hydrogen) atoms. The second-order valence-corrected chi connectivity index (χ2v) is 8.27. The molecule has 1 aromatic heterocycles. The minimum Gasteiger partial charge on any atom is -0.492 e. The first-order valence-electron chi connectivity index (χ1n) is 8.45. The van der Waals surface area contributed by atoms with Gasteiger partial charge in [0.1, 0.15) is 17.0 Å². The van der Waals surface area contributed by atoms with Crippen molar-refractivity contribution in [1.29, 1.82) is 0 Å². The van der Waals surface area contributed by atoms with Gasteiger partial charge in [0.05, 0.1) is 12.3 Å². The second kappa shape index (κ2) is 7.09. The SMILES string of the molecule is CCOc1ccc(-n2cnnn2)cc1S(=O)(=O)N1CC[C@H](C)C[C@@H]1C. The van der Waals surface area contributed by atoms with E-state index in [9.17, 15) is 8.42 Å². The van der Waals surface area contributed by atoms with E-state index in [4.69, 9.17) is 4.74 Å². The van der Waals surface area contributed by atoms with E-state index in [1.807, 2.05) is 13.8 Å². The maximum Gasteiger partial charge on any atom is 0.247 e. The fraction of sp³-hybridized carbons (Fsp3) is 0.562. The molecule has 0 unspecified atom stereocenters. The number of aromatic nitrogens is 4. The third kappa shape index (κ3) is 3.52. The summed E-state index contributed by atoms with van der Waals surface area (Å²) in [6, 6.07) is 4.92. The lowest BCUT2D eigenvalue weighted by Gasteiger charge is -2.35. The Labute approximate surface area is 147 Å². The summed E-state index contributed by atoms with van der Waals surface area (Å²) < 4.78 is 35.2. The lowest BCUT2D eigenvalue weighted by atomic mass is 9.95. The standard InChI is InChI=1S/C16H23N5O3S/c1-4-24-15-6-5-14(20-11-17-18-19-20)10-16(15)25(22,23)21-8-7-12(2)9-13(21)3/h5-6,10-13H,4,7-9H2,1-3H3/t12-,13-/m0/s1. The fourth-order valence-corrected chi connectivity index (χ4v) is 5.07. The van der Waals surface area contributed by atoms with Crippen LogP contribution in [0.2, 0.25) is 0 Å². The molecular weight excluding hydrogens is 342 g/mol. The van der Waals surface area contributed by atoms with Crippen molar-refractivity contribution in [2.75, 3.05) is 13.2 Å². The molecule has 2 heterocycles. The Hall–Kier alpha value is -2.00. The van der Waals surface area contributed by atoms with Gasteiger partial charge in [-0.05, 0) is 61.2 Å². The summed E-state index contributed by atoms with van der Waals surface area (Å²) in [5.74, 6) is 0.880. The normalized spacial score (nSPS) is 22.0. The summed E-state index contributed by atoms with van der Waals surface area (Å²) in [6.07, 6.45) is 3.15. The number of sulfonamides is 1. The molecule has 3 rings (SSSR count). The van der Waals surface area contributed by atoms with Crippen molar-refractivity contribution >= 4 is 10.0 Å². The molecule has 8 nitrogen and oxygen atoms in total. The van der Waals surface area contributed by atoms with Crippen molar-refractivity contribution in [3.63, 3.8) is 0 Å². The van der Waals surface area contributed by atoms with Crippen LogP contribution in [0.1, 0.15) is 33.6 Å². The number of hydrogen-bond acceptors (Lipinski definition) is 6. The lowest BCUT2D eigenvalue weighted by Crippen LogP contribution is -2.44. The quantitative estimate of drug-likeness (QED) is 0.803. The monoisotopic (exact) mass is 365 g/mol. The van der Waals surface area contributed by atoms with Gasteiger partial charge in [-0.15, -0.1) is 5.10 Å². The van der Waals surface area contributed by atoms with Gasteiger partial charge in [-0.3, -0.25) is 0 Å². The van der Waals surface area contributed by atoms with Gasteiger partial charge in [0, 0.05) is 12.6 Å². The first-order valence-corrected chi connectivity index (χ1v) is 9.89. The van der Waals surface area contributed by atoms with Crippen molar-refractivity contribution < 1.29 is 13.2 Å². The Kier molecular flexibility index (Phi) is 5.05. The number of rotatable bonds is 5. The van der Waals surface area contributed by atoms with Gasteiger partial charge in [-0.25, -0.2) is 13.1 Å². The Morgan fingerprint density at radius 2 is 2.12 bits per heavy atom. The molecule has 0 bridgehead atoms. The van der Waals surface area contributed by atoms with Crippen molar-refractivity contribution in [1.82, 2.24) is 24.5 Å². The molecule has 136 valence electrons. The summed E-state index contributed by atoms with van der Waals surface area (Å²) >= 11 is 0. The van der Waals surface area contributed by atoms with Crippen LogP contribution >= 0.6 is 0 Å². The predicted octanol–water partition coefficient (Wildman–Crippen LogP) is 1.87. The van der Waals surface area contributed by atoms with Crippen LogP contribution in [0.15, 0.2) is 29.4 Å². The van der Waals surface area contributed by atoms with E-state index in [0.717, 1.165) is 12.8 Å². The third-order valence-corrected chi connectivity index (χ3v) is 6.54. The van der Waals surface area contributed by atoms with E-state index in [2.05, 4.69) is 22.4 Å². The van der Waals surface area contributed by atoms with Crippen LogP contribution in [0, 0.1) is 5.92 Å².